The van der Waals surface area contributed by atoms with E-state index in [4.69, 9.17) is 0 Å². The topological polar surface area (TPSA) is 78.4 Å². The van der Waals surface area contributed by atoms with Crippen LogP contribution in [-0.2, 0) is 4.79 Å². The molecule has 0 fully saturated rings. The van der Waals surface area contributed by atoms with Crippen LogP contribution in [0.2, 0.25) is 0 Å². The third-order valence-electron chi connectivity index (χ3n) is 2.84. The zero-order valence-electron chi connectivity index (χ0n) is 11.8. The molecule has 110 valence electrons. The third-order valence-corrected chi connectivity index (χ3v) is 4.01. The maximum Gasteiger partial charge on any atom is 0.251 e. The predicted molar refractivity (Wildman–Crippen MR) is 82.1 cm³/mol. The van der Waals surface area contributed by atoms with Crippen LogP contribution in [0.5, 0.6) is 0 Å². The maximum atomic E-state index is 12.1. The van der Waals surface area contributed by atoms with Crippen molar-refractivity contribution in [1.29, 1.82) is 0 Å². The Morgan fingerprint density at radius 1 is 1.40 bits per heavy atom. The summed E-state index contributed by atoms with van der Waals surface area (Å²) in [5, 5.41) is 14.6. The van der Waals surface area contributed by atoms with Gasteiger partial charge < -0.3 is 15.7 Å². The van der Waals surface area contributed by atoms with Gasteiger partial charge in [-0.3, -0.25) is 9.59 Å². The van der Waals surface area contributed by atoms with Gasteiger partial charge in [-0.05, 0) is 31.4 Å². The summed E-state index contributed by atoms with van der Waals surface area (Å²) in [6, 6.07) is 6.59. The van der Waals surface area contributed by atoms with Crippen molar-refractivity contribution in [1.82, 2.24) is 5.32 Å². The molecule has 6 heteroatoms. The summed E-state index contributed by atoms with van der Waals surface area (Å²) in [6.45, 7) is 3.28. The molecule has 0 spiro atoms. The molecule has 0 aromatic heterocycles. The molecule has 20 heavy (non-hydrogen) atoms. The van der Waals surface area contributed by atoms with Gasteiger partial charge in [0.2, 0.25) is 5.91 Å². The number of amides is 2. The number of thioether (sulfide) groups is 1. The lowest BCUT2D eigenvalue weighted by molar-refractivity contribution is -0.114. The highest BCUT2D eigenvalue weighted by Gasteiger charge is 2.18. The normalized spacial score (nSPS) is 13.4. The van der Waals surface area contributed by atoms with Gasteiger partial charge in [0.25, 0.3) is 5.91 Å². The van der Waals surface area contributed by atoms with Gasteiger partial charge in [0, 0.05) is 29.5 Å². The second kappa shape index (κ2) is 7.91. The molecule has 3 N–H and O–H groups in total. The molecule has 0 aliphatic heterocycles. The molecule has 0 aliphatic carbocycles. The molecule has 2 amide bonds. The Bertz CT molecular complexity index is 475. The standard InChI is InChI=1S/C14H20N2O3S/c1-9(13(8-17)20-3)15-14(19)11-5-4-6-12(7-11)16-10(2)18/h4-7,9,13,17H,8H2,1-3H3,(H,15,19)(H,16,18). The summed E-state index contributed by atoms with van der Waals surface area (Å²) in [7, 11) is 0. The monoisotopic (exact) mass is 296 g/mol. The van der Waals surface area contributed by atoms with Crippen molar-refractivity contribution in [3.8, 4) is 0 Å². The lowest BCUT2D eigenvalue weighted by Crippen LogP contribution is -2.41. The quantitative estimate of drug-likeness (QED) is 0.743. The highest BCUT2D eigenvalue weighted by molar-refractivity contribution is 7.99. The Hall–Kier alpha value is -1.53. The van der Waals surface area contributed by atoms with E-state index in [0.29, 0.717) is 11.3 Å². The highest BCUT2D eigenvalue weighted by atomic mass is 32.2. The number of benzene rings is 1. The number of aliphatic hydroxyl groups excluding tert-OH is 1. The SMILES string of the molecule is CSC(CO)C(C)NC(=O)c1cccc(NC(C)=O)c1. The van der Waals surface area contributed by atoms with Gasteiger partial charge in [0.1, 0.15) is 0 Å². The lowest BCUT2D eigenvalue weighted by atomic mass is 10.1. The van der Waals surface area contributed by atoms with E-state index < -0.39 is 0 Å². The Morgan fingerprint density at radius 2 is 2.10 bits per heavy atom. The minimum atomic E-state index is -0.225. The average molecular weight is 296 g/mol. The van der Waals surface area contributed by atoms with E-state index in [2.05, 4.69) is 10.6 Å². The molecule has 5 nitrogen and oxygen atoms in total. The second-order valence-corrected chi connectivity index (χ2v) is 5.56. The van der Waals surface area contributed by atoms with Gasteiger partial charge in [-0.2, -0.15) is 11.8 Å². The van der Waals surface area contributed by atoms with Crippen LogP contribution >= 0.6 is 11.8 Å². The molecule has 0 saturated heterocycles. The summed E-state index contributed by atoms with van der Waals surface area (Å²) in [5.74, 6) is -0.407. The van der Waals surface area contributed by atoms with Crippen molar-refractivity contribution in [3.05, 3.63) is 29.8 Å². The van der Waals surface area contributed by atoms with Crippen LogP contribution in [0.1, 0.15) is 24.2 Å². The fourth-order valence-electron chi connectivity index (χ4n) is 1.76. The zero-order valence-corrected chi connectivity index (χ0v) is 12.7. The van der Waals surface area contributed by atoms with Crippen LogP contribution in [0, 0.1) is 0 Å². The number of carbonyl (C=O) groups is 2. The fraction of sp³-hybridized carbons (Fsp3) is 0.429. The summed E-state index contributed by atoms with van der Waals surface area (Å²) in [4.78, 5) is 23.1. The van der Waals surface area contributed by atoms with E-state index in [1.165, 1.54) is 18.7 Å². The first kappa shape index (κ1) is 16.5. The van der Waals surface area contributed by atoms with Crippen LogP contribution in [0.25, 0.3) is 0 Å². The van der Waals surface area contributed by atoms with Gasteiger partial charge in [0.15, 0.2) is 0 Å². The molecule has 0 saturated carbocycles. The molecule has 2 unspecified atom stereocenters. The lowest BCUT2D eigenvalue weighted by Gasteiger charge is -2.21. The van der Waals surface area contributed by atoms with Crippen LogP contribution < -0.4 is 10.6 Å². The number of nitrogens with one attached hydrogen (secondary N) is 2. The van der Waals surface area contributed by atoms with Crippen molar-refractivity contribution < 1.29 is 14.7 Å². The first-order valence-electron chi connectivity index (χ1n) is 6.30. The van der Waals surface area contributed by atoms with E-state index in [1.54, 1.807) is 24.3 Å². The molecule has 0 aliphatic rings. The van der Waals surface area contributed by atoms with E-state index in [-0.39, 0.29) is 29.7 Å². The average Bonchev–Trinajstić information content (AvgIpc) is 2.39. The Labute approximate surface area is 123 Å². The highest BCUT2D eigenvalue weighted by Crippen LogP contribution is 2.13. The van der Waals surface area contributed by atoms with Gasteiger partial charge >= 0.3 is 0 Å². The molecule has 0 radical (unpaired) electrons. The van der Waals surface area contributed by atoms with Gasteiger partial charge in [-0.25, -0.2) is 0 Å². The van der Waals surface area contributed by atoms with Gasteiger partial charge in [-0.15, -0.1) is 0 Å². The first-order chi connectivity index (χ1) is 9.47. The van der Waals surface area contributed by atoms with E-state index in [0.717, 1.165) is 0 Å². The van der Waals surface area contributed by atoms with Crippen molar-refractivity contribution in [2.24, 2.45) is 0 Å². The third kappa shape index (κ3) is 4.86. The van der Waals surface area contributed by atoms with Crippen molar-refractivity contribution in [2.45, 2.75) is 25.1 Å². The van der Waals surface area contributed by atoms with E-state index in [1.807, 2.05) is 13.2 Å². The Morgan fingerprint density at radius 3 is 2.65 bits per heavy atom. The van der Waals surface area contributed by atoms with Gasteiger partial charge in [-0.1, -0.05) is 6.07 Å². The molecule has 2 atom stereocenters. The number of carbonyl (C=O) groups excluding carboxylic acids is 2. The minimum Gasteiger partial charge on any atom is -0.395 e. The van der Waals surface area contributed by atoms with Crippen molar-refractivity contribution in [2.75, 3.05) is 18.2 Å². The number of rotatable bonds is 6. The predicted octanol–water partition coefficient (Wildman–Crippen LogP) is 1.49. The van der Waals surface area contributed by atoms with Crippen LogP contribution in [-0.4, -0.2) is 41.1 Å². The first-order valence-corrected chi connectivity index (χ1v) is 7.59. The maximum absolute atomic E-state index is 12.1. The molecular formula is C14H20N2O3S. The number of aliphatic hydroxyl groups is 1. The molecule has 0 heterocycles. The summed E-state index contributed by atoms with van der Waals surface area (Å²) < 4.78 is 0. The number of hydrogen-bond donors (Lipinski definition) is 3. The Balaban J connectivity index is 2.74. The summed E-state index contributed by atoms with van der Waals surface area (Å²) in [5.41, 5.74) is 1.06. The summed E-state index contributed by atoms with van der Waals surface area (Å²) in [6.07, 6.45) is 1.89. The smallest absolute Gasteiger partial charge is 0.251 e. The fourth-order valence-corrected chi connectivity index (χ4v) is 2.39. The molecule has 1 aromatic rings. The van der Waals surface area contributed by atoms with Gasteiger partial charge in [0.05, 0.1) is 6.61 Å². The number of anilines is 1. The van der Waals surface area contributed by atoms with Crippen LogP contribution in [0.3, 0.4) is 0 Å². The van der Waals surface area contributed by atoms with Crippen molar-refractivity contribution >= 4 is 29.3 Å². The van der Waals surface area contributed by atoms with E-state index >= 15 is 0 Å². The van der Waals surface area contributed by atoms with Crippen LogP contribution in [0.4, 0.5) is 5.69 Å². The van der Waals surface area contributed by atoms with Crippen LogP contribution in [0.15, 0.2) is 24.3 Å². The number of hydrogen-bond acceptors (Lipinski definition) is 4. The summed E-state index contributed by atoms with van der Waals surface area (Å²) >= 11 is 1.51. The largest absolute Gasteiger partial charge is 0.395 e. The molecule has 1 rings (SSSR count). The molecular weight excluding hydrogens is 276 g/mol. The van der Waals surface area contributed by atoms with Crippen molar-refractivity contribution in [3.63, 3.8) is 0 Å². The molecule has 0 bridgehead atoms. The van der Waals surface area contributed by atoms with E-state index in [9.17, 15) is 14.7 Å². The second-order valence-electron chi connectivity index (χ2n) is 4.48. The molecule has 1 aromatic carbocycles. The minimum absolute atomic E-state index is 0.00848. The Kier molecular flexibility index (Phi) is 6.54. The zero-order chi connectivity index (χ0) is 15.1.